The van der Waals surface area contributed by atoms with Crippen LogP contribution < -0.4 is 0 Å². The molecule has 3 heterocycles. The summed E-state index contributed by atoms with van der Waals surface area (Å²) in [4.78, 5) is 12.1. The zero-order chi connectivity index (χ0) is 17.1. The van der Waals surface area contributed by atoms with Crippen LogP contribution in [0, 0.1) is 0 Å². The normalized spacial score (nSPS) is 16.4. The van der Waals surface area contributed by atoms with Crippen molar-refractivity contribution in [2.75, 3.05) is 13.1 Å². The topological polar surface area (TPSA) is 29.0 Å². The van der Waals surface area contributed by atoms with Gasteiger partial charge in [-0.3, -0.25) is 14.9 Å². The smallest absolute Gasteiger partial charge is 0.0548 e. The Balaban J connectivity index is 1.38. The number of aromatic nitrogens is 2. The molecular weight excluding hydrogens is 350 g/mol. The van der Waals surface area contributed by atoms with Gasteiger partial charge in [0.25, 0.3) is 0 Å². The minimum atomic E-state index is 0.627. The van der Waals surface area contributed by atoms with Gasteiger partial charge in [0.2, 0.25) is 0 Å². The van der Waals surface area contributed by atoms with E-state index >= 15 is 0 Å². The van der Waals surface area contributed by atoms with Crippen LogP contribution in [0.1, 0.15) is 18.4 Å². The molecule has 1 aromatic carbocycles. The van der Waals surface area contributed by atoms with Crippen LogP contribution in [0.15, 0.2) is 60.0 Å². The second-order valence-corrected chi connectivity index (χ2v) is 8.21. The molecule has 1 aliphatic heterocycles. The molecule has 0 N–H and O–H groups in total. The van der Waals surface area contributed by atoms with E-state index in [1.807, 2.05) is 54.7 Å². The van der Waals surface area contributed by atoms with E-state index in [0.717, 1.165) is 30.0 Å². The molecule has 0 amide bonds. The van der Waals surface area contributed by atoms with Gasteiger partial charge >= 0.3 is 0 Å². The first-order valence-corrected chi connectivity index (χ1v) is 9.85. The zero-order valence-corrected chi connectivity index (χ0v) is 15.5. The van der Waals surface area contributed by atoms with E-state index in [1.54, 1.807) is 0 Å². The standard InChI is InChI=1S/C20H20ClN3S/c21-19-10-17-13-23-7-3-16(17)11-20(19)25-18-4-8-24(9-5-18)14-15-2-1-6-22-12-15/h1-3,6-7,10-13,18H,4-5,8-9,14H2. The summed E-state index contributed by atoms with van der Waals surface area (Å²) in [5, 5.41) is 3.77. The van der Waals surface area contributed by atoms with Crippen LogP contribution in [-0.2, 0) is 6.54 Å². The van der Waals surface area contributed by atoms with Crippen LogP contribution in [0.4, 0.5) is 0 Å². The number of nitrogens with zero attached hydrogens (tertiary/aromatic N) is 3. The van der Waals surface area contributed by atoms with Gasteiger partial charge in [0, 0.05) is 46.9 Å². The van der Waals surface area contributed by atoms with E-state index in [0.29, 0.717) is 5.25 Å². The van der Waals surface area contributed by atoms with Crippen LogP contribution in [0.25, 0.3) is 10.8 Å². The van der Waals surface area contributed by atoms with Gasteiger partial charge in [0.05, 0.1) is 5.02 Å². The van der Waals surface area contributed by atoms with Crippen molar-refractivity contribution in [3.8, 4) is 0 Å². The number of rotatable bonds is 4. The predicted molar refractivity (Wildman–Crippen MR) is 105 cm³/mol. The molecule has 1 aliphatic rings. The van der Waals surface area contributed by atoms with Crippen molar-refractivity contribution in [3.05, 3.63) is 65.7 Å². The molecule has 0 saturated carbocycles. The Morgan fingerprint density at radius 2 is 1.88 bits per heavy atom. The number of piperidine rings is 1. The van der Waals surface area contributed by atoms with Gasteiger partial charge in [0.1, 0.15) is 0 Å². The van der Waals surface area contributed by atoms with Gasteiger partial charge in [-0.05, 0) is 61.1 Å². The average molecular weight is 370 g/mol. The van der Waals surface area contributed by atoms with Crippen molar-refractivity contribution in [1.29, 1.82) is 0 Å². The lowest BCUT2D eigenvalue weighted by Crippen LogP contribution is -2.34. The molecule has 0 unspecified atom stereocenters. The van der Waals surface area contributed by atoms with Gasteiger partial charge < -0.3 is 0 Å². The third kappa shape index (κ3) is 4.14. The fourth-order valence-electron chi connectivity index (χ4n) is 3.29. The van der Waals surface area contributed by atoms with Crippen molar-refractivity contribution in [1.82, 2.24) is 14.9 Å². The van der Waals surface area contributed by atoms with E-state index in [4.69, 9.17) is 11.6 Å². The third-order valence-corrected chi connectivity index (χ3v) is 6.47. The minimum absolute atomic E-state index is 0.627. The summed E-state index contributed by atoms with van der Waals surface area (Å²) in [5.74, 6) is 0. The lowest BCUT2D eigenvalue weighted by atomic mass is 10.1. The zero-order valence-electron chi connectivity index (χ0n) is 13.9. The first-order valence-electron chi connectivity index (χ1n) is 8.59. The lowest BCUT2D eigenvalue weighted by molar-refractivity contribution is 0.224. The van der Waals surface area contributed by atoms with Crippen molar-refractivity contribution >= 4 is 34.1 Å². The van der Waals surface area contributed by atoms with Crippen molar-refractivity contribution < 1.29 is 0 Å². The maximum Gasteiger partial charge on any atom is 0.0548 e. The fraction of sp³-hybridized carbons (Fsp3) is 0.300. The Labute approximate surface area is 157 Å². The molecule has 0 radical (unpaired) electrons. The molecule has 3 nitrogen and oxygen atoms in total. The second-order valence-electron chi connectivity index (χ2n) is 6.46. The fourth-order valence-corrected chi connectivity index (χ4v) is 4.77. The molecule has 25 heavy (non-hydrogen) atoms. The van der Waals surface area contributed by atoms with Gasteiger partial charge in [-0.15, -0.1) is 11.8 Å². The maximum atomic E-state index is 6.49. The first-order chi connectivity index (χ1) is 12.3. The van der Waals surface area contributed by atoms with Gasteiger partial charge in [-0.1, -0.05) is 17.7 Å². The van der Waals surface area contributed by atoms with Crippen molar-refractivity contribution in [2.45, 2.75) is 29.5 Å². The molecule has 1 saturated heterocycles. The second kappa shape index (κ2) is 7.73. The van der Waals surface area contributed by atoms with E-state index in [-0.39, 0.29) is 0 Å². The molecule has 128 valence electrons. The molecule has 0 atom stereocenters. The van der Waals surface area contributed by atoms with Crippen LogP contribution >= 0.6 is 23.4 Å². The molecule has 4 rings (SSSR count). The van der Waals surface area contributed by atoms with Crippen LogP contribution in [0.5, 0.6) is 0 Å². The Hall–Kier alpha value is -1.62. The van der Waals surface area contributed by atoms with Gasteiger partial charge in [-0.2, -0.15) is 0 Å². The lowest BCUT2D eigenvalue weighted by Gasteiger charge is -2.31. The minimum Gasteiger partial charge on any atom is -0.299 e. The quantitative estimate of drug-likeness (QED) is 0.644. The SMILES string of the molecule is Clc1cc2cnccc2cc1SC1CCN(Cc2cccnc2)CC1. The average Bonchev–Trinajstić information content (AvgIpc) is 2.65. The summed E-state index contributed by atoms with van der Waals surface area (Å²) >= 11 is 8.42. The summed E-state index contributed by atoms with van der Waals surface area (Å²) < 4.78 is 0. The summed E-state index contributed by atoms with van der Waals surface area (Å²) in [5.41, 5.74) is 1.29. The molecule has 3 aromatic rings. The summed E-state index contributed by atoms with van der Waals surface area (Å²) in [6, 6.07) is 10.4. The molecule has 5 heteroatoms. The Kier molecular flexibility index (Phi) is 5.20. The van der Waals surface area contributed by atoms with Crippen LogP contribution in [0.2, 0.25) is 5.02 Å². The van der Waals surface area contributed by atoms with Gasteiger partial charge in [0.15, 0.2) is 0 Å². The third-order valence-electron chi connectivity index (χ3n) is 4.65. The number of hydrogen-bond acceptors (Lipinski definition) is 4. The molecule has 0 spiro atoms. The largest absolute Gasteiger partial charge is 0.299 e. The number of fused-ring (bicyclic) bond motifs is 1. The monoisotopic (exact) mass is 369 g/mol. The summed E-state index contributed by atoms with van der Waals surface area (Å²) in [6.07, 6.45) is 9.87. The number of pyridine rings is 2. The molecule has 1 fully saturated rings. The van der Waals surface area contributed by atoms with Crippen molar-refractivity contribution in [2.24, 2.45) is 0 Å². The summed E-state index contributed by atoms with van der Waals surface area (Å²) in [7, 11) is 0. The number of thioether (sulfide) groups is 1. The molecular formula is C20H20ClN3S. The first kappa shape index (κ1) is 16.8. The number of likely N-dealkylation sites (tertiary alicyclic amines) is 1. The molecule has 0 aliphatic carbocycles. The highest BCUT2D eigenvalue weighted by Crippen LogP contribution is 2.37. The van der Waals surface area contributed by atoms with Crippen LogP contribution in [-0.4, -0.2) is 33.2 Å². The van der Waals surface area contributed by atoms with Crippen LogP contribution in [0.3, 0.4) is 0 Å². The highest BCUT2D eigenvalue weighted by Gasteiger charge is 2.21. The predicted octanol–water partition coefficient (Wildman–Crippen LogP) is 5.04. The number of benzene rings is 1. The van der Waals surface area contributed by atoms with E-state index < -0.39 is 0 Å². The van der Waals surface area contributed by atoms with E-state index in [9.17, 15) is 0 Å². The Bertz CT molecular complexity index is 848. The Morgan fingerprint density at radius 3 is 2.68 bits per heavy atom. The van der Waals surface area contributed by atoms with E-state index in [2.05, 4.69) is 27.0 Å². The highest BCUT2D eigenvalue weighted by atomic mass is 35.5. The van der Waals surface area contributed by atoms with Crippen molar-refractivity contribution in [3.63, 3.8) is 0 Å². The maximum absolute atomic E-state index is 6.49. The molecule has 2 aromatic heterocycles. The number of hydrogen-bond donors (Lipinski definition) is 0. The van der Waals surface area contributed by atoms with E-state index in [1.165, 1.54) is 28.7 Å². The van der Waals surface area contributed by atoms with Gasteiger partial charge in [-0.25, -0.2) is 0 Å². The summed E-state index contributed by atoms with van der Waals surface area (Å²) in [6.45, 7) is 3.25. The molecule has 0 bridgehead atoms. The highest BCUT2D eigenvalue weighted by molar-refractivity contribution is 8.00. The Morgan fingerprint density at radius 1 is 1.04 bits per heavy atom. The number of halogens is 1.